The van der Waals surface area contributed by atoms with Crippen molar-refractivity contribution in [3.05, 3.63) is 93.6 Å². The van der Waals surface area contributed by atoms with Crippen molar-refractivity contribution in [1.82, 2.24) is 35.1 Å². The first kappa shape index (κ1) is 40.7. The van der Waals surface area contributed by atoms with Crippen molar-refractivity contribution >= 4 is 0 Å². The molecule has 2 aromatic carbocycles. The van der Waals surface area contributed by atoms with Gasteiger partial charge in [0, 0.05) is 10.8 Å². The molecule has 1 radical (unpaired) electrons. The maximum absolute atomic E-state index is 14.2. The predicted octanol–water partition coefficient (Wildman–Crippen LogP) is 7.98. The van der Waals surface area contributed by atoms with E-state index in [0.29, 0.717) is 84.3 Å². The number of phenols is 2. The Balaban J connectivity index is 0.847. The van der Waals surface area contributed by atoms with Gasteiger partial charge in [0.05, 0.1) is 36.6 Å². The molecule has 329 valence electrons. The topological polar surface area (TPSA) is 165 Å². The minimum Gasteiger partial charge on any atom is -0.508 e. The Hall–Kier alpha value is -4.10. The lowest BCUT2D eigenvalue weighted by Gasteiger charge is -2.52. The predicted molar refractivity (Wildman–Crippen MR) is 231 cm³/mol. The van der Waals surface area contributed by atoms with Crippen LogP contribution in [0.1, 0.15) is 151 Å². The molecule has 10 atom stereocenters. The molecule has 4 saturated carbocycles. The highest BCUT2D eigenvalue weighted by Gasteiger charge is 2.65. The van der Waals surface area contributed by atoms with Crippen LogP contribution in [0, 0.1) is 34.5 Å². The lowest BCUT2D eigenvalue weighted by atomic mass is 9.53. The zero-order valence-electron chi connectivity index (χ0n) is 37.3. The average molecular weight is 843 g/mol. The van der Waals surface area contributed by atoms with E-state index < -0.39 is 22.3 Å². The summed E-state index contributed by atoms with van der Waals surface area (Å²) < 4.78 is 3.62. The first-order valence-electron chi connectivity index (χ1n) is 23.5. The van der Waals surface area contributed by atoms with Gasteiger partial charge in [-0.1, -0.05) is 36.4 Å². The van der Waals surface area contributed by atoms with E-state index in [1.807, 2.05) is 73.7 Å². The lowest BCUT2D eigenvalue weighted by Crippen LogP contribution is -2.49. The minimum atomic E-state index is -1.11. The van der Waals surface area contributed by atoms with E-state index in [1.54, 1.807) is 0 Å². The first-order chi connectivity index (χ1) is 29.4. The summed E-state index contributed by atoms with van der Waals surface area (Å²) in [7, 11) is 0. The fraction of sp³-hybridized carbons (Fsp3) is 0.640. The number of hydroxylamine groups is 2. The van der Waals surface area contributed by atoms with Crippen LogP contribution >= 0.6 is 0 Å². The number of phenolic OH excluding ortho intramolecular Hbond substituents is 2. The monoisotopic (exact) mass is 842 g/mol. The summed E-state index contributed by atoms with van der Waals surface area (Å²) in [5, 5.41) is 79.8. The maximum atomic E-state index is 14.2. The molecule has 3 heterocycles. The van der Waals surface area contributed by atoms with Gasteiger partial charge in [0.15, 0.2) is 0 Å². The number of aromatic nitrogens is 6. The van der Waals surface area contributed by atoms with Crippen LogP contribution in [0.15, 0.2) is 59.9 Å². The second-order valence-electron chi connectivity index (χ2n) is 22.3. The number of rotatable bonds is 6. The van der Waals surface area contributed by atoms with Gasteiger partial charge in [0.2, 0.25) is 0 Å². The third-order valence-electron chi connectivity index (χ3n) is 19.1. The lowest BCUT2D eigenvalue weighted by molar-refractivity contribution is -0.241. The summed E-state index contributed by atoms with van der Waals surface area (Å²) in [5.74, 6) is 3.23. The first-order valence-corrected chi connectivity index (χ1v) is 23.5. The summed E-state index contributed by atoms with van der Waals surface area (Å²) in [6.07, 6.45) is 14.8. The molecule has 12 nitrogen and oxygen atoms in total. The van der Waals surface area contributed by atoms with Crippen molar-refractivity contribution in [2.75, 3.05) is 0 Å². The summed E-state index contributed by atoms with van der Waals surface area (Å²) >= 11 is 0. The van der Waals surface area contributed by atoms with E-state index in [2.05, 4.69) is 36.4 Å². The maximum Gasteiger partial charge on any atom is 0.116 e. The highest BCUT2D eigenvalue weighted by atomic mass is 16.5. The van der Waals surface area contributed by atoms with Gasteiger partial charge >= 0.3 is 0 Å². The average Bonchev–Trinajstić information content (AvgIpc) is 4.05. The number of aliphatic hydroxyl groups is 2. The number of aryl methyl sites for hydroxylation is 2. The summed E-state index contributed by atoms with van der Waals surface area (Å²) in [6.45, 7) is 13.1. The fourth-order valence-corrected chi connectivity index (χ4v) is 15.7. The largest absolute Gasteiger partial charge is 0.508 e. The number of hydrogen-bond donors (Lipinski definition) is 4. The van der Waals surface area contributed by atoms with E-state index in [9.17, 15) is 25.6 Å². The number of hydrogen-bond acceptors (Lipinski definition) is 9. The Kier molecular flexibility index (Phi) is 8.83. The summed E-state index contributed by atoms with van der Waals surface area (Å²) in [5.41, 5.74) is 3.80. The van der Waals surface area contributed by atoms with E-state index in [-0.39, 0.29) is 10.8 Å². The van der Waals surface area contributed by atoms with E-state index in [4.69, 9.17) is 10.2 Å². The molecular formula is C50H64N7O5. The number of fused-ring (bicyclic) bond motifs is 10. The number of benzene rings is 2. The number of nitrogens with zero attached hydrogens (tertiary/aromatic N) is 7. The molecule has 0 amide bonds. The molecule has 12 heteroatoms. The zero-order valence-corrected chi connectivity index (χ0v) is 37.3. The van der Waals surface area contributed by atoms with Gasteiger partial charge in [0.25, 0.3) is 0 Å². The fourth-order valence-electron chi connectivity index (χ4n) is 15.7. The molecule has 62 heavy (non-hydrogen) atoms. The van der Waals surface area contributed by atoms with Crippen LogP contribution < -0.4 is 0 Å². The SMILES string of the molecule is CC1(C)C(Cn2cc([C@]3(O)CC[C@H]4[C@@H]5CCc6cc(O)ccc6[C@H]5CC[C@@]43C)nn2)=C(Cn2cc([C@]3(O)CC[C@H]4[C@@H]5CCc6cc(O)ccc6[C@H]5CC[C@@]43C)nn2)C(C)(C)N1[O]. The van der Waals surface area contributed by atoms with Crippen LogP contribution in [-0.2, 0) is 42.3 Å². The number of aromatic hydroxyl groups is 2. The van der Waals surface area contributed by atoms with Crippen molar-refractivity contribution in [2.45, 2.75) is 166 Å². The zero-order chi connectivity index (χ0) is 43.4. The van der Waals surface area contributed by atoms with Crippen molar-refractivity contribution in [1.29, 1.82) is 0 Å². The second kappa shape index (κ2) is 13.5. The molecule has 0 spiro atoms. The summed E-state index contributed by atoms with van der Waals surface area (Å²) in [6, 6.07) is 11.8. The molecule has 4 aromatic rings. The van der Waals surface area contributed by atoms with Gasteiger partial charge in [-0.25, -0.2) is 9.36 Å². The van der Waals surface area contributed by atoms with Crippen molar-refractivity contribution in [3.8, 4) is 11.5 Å². The second-order valence-corrected chi connectivity index (χ2v) is 22.3. The molecular weight excluding hydrogens is 779 g/mol. The van der Waals surface area contributed by atoms with Gasteiger partial charge in [-0.3, -0.25) is 0 Å². The van der Waals surface area contributed by atoms with Crippen molar-refractivity contribution < 1.29 is 25.6 Å². The Morgan fingerprint density at radius 3 is 1.44 bits per heavy atom. The molecule has 2 aromatic heterocycles. The Morgan fingerprint density at radius 1 is 0.597 bits per heavy atom. The van der Waals surface area contributed by atoms with E-state index in [1.165, 1.54) is 27.3 Å². The Morgan fingerprint density at radius 2 is 1.02 bits per heavy atom. The molecule has 4 fully saturated rings. The van der Waals surface area contributed by atoms with Gasteiger partial charge in [-0.15, -0.1) is 20.5 Å². The van der Waals surface area contributed by atoms with Crippen LogP contribution in [0.25, 0.3) is 0 Å². The third kappa shape index (κ3) is 5.45. The summed E-state index contributed by atoms with van der Waals surface area (Å²) in [4.78, 5) is 0. The van der Waals surface area contributed by atoms with Crippen LogP contribution in [-0.4, -0.2) is 66.6 Å². The highest BCUT2D eigenvalue weighted by Crippen LogP contribution is 2.68. The molecule has 0 unspecified atom stereocenters. The van der Waals surface area contributed by atoms with Crippen molar-refractivity contribution in [2.24, 2.45) is 34.5 Å². The normalized spacial score (nSPS) is 38.0. The Bertz CT molecular complexity index is 2320. The molecule has 7 aliphatic rings. The molecule has 11 rings (SSSR count). The minimum absolute atomic E-state index is 0.337. The molecule has 0 bridgehead atoms. The smallest absolute Gasteiger partial charge is 0.116 e. The van der Waals surface area contributed by atoms with E-state index in [0.717, 1.165) is 75.4 Å². The standard InChI is InChI=1S/C50H64N7O5/c1-45(2)41(25-55-27-43(51-53-55)49(60)21-17-39-37-11-7-29-23-31(58)9-13-33(29)35(37)15-19-47(39,49)5)42(46(3,4)57(45)62)26-56-28-44(52-54-56)50(61)22-18-40-38-12-8-30-24-32(59)10-14-34(30)36(38)16-20-48(40,50)6/h9-10,13-14,23-24,27-28,35-40,58-61H,7-8,11-12,15-22,25-26H2,1-6H3/t35-,36-,37-,38-,39+,40+,47+,48+,49-,50-/m1/s1. The molecule has 6 aliphatic carbocycles. The van der Waals surface area contributed by atoms with Gasteiger partial charge < -0.3 is 20.4 Å². The van der Waals surface area contributed by atoms with E-state index >= 15 is 0 Å². The third-order valence-corrected chi connectivity index (χ3v) is 19.1. The van der Waals surface area contributed by atoms with Crippen LogP contribution in [0.5, 0.6) is 11.5 Å². The van der Waals surface area contributed by atoms with Crippen LogP contribution in [0.2, 0.25) is 0 Å². The molecule has 0 saturated heterocycles. The van der Waals surface area contributed by atoms with Gasteiger partial charge in [0.1, 0.15) is 34.1 Å². The van der Waals surface area contributed by atoms with Crippen molar-refractivity contribution in [3.63, 3.8) is 0 Å². The van der Waals surface area contributed by atoms with Crippen LogP contribution in [0.4, 0.5) is 0 Å². The van der Waals surface area contributed by atoms with Gasteiger partial charge in [-0.05, 0) is 198 Å². The Labute approximate surface area is 365 Å². The highest BCUT2D eigenvalue weighted by molar-refractivity contribution is 5.43. The van der Waals surface area contributed by atoms with Gasteiger partial charge in [-0.2, -0.15) is 0 Å². The quantitative estimate of drug-likeness (QED) is 0.141. The molecule has 1 aliphatic heterocycles. The van der Waals surface area contributed by atoms with Crippen LogP contribution in [0.3, 0.4) is 0 Å². The molecule has 4 N–H and O–H groups in total.